The minimum Gasteiger partial charge on any atom is -0.457 e. The van der Waals surface area contributed by atoms with E-state index < -0.39 is 0 Å². The number of hydrogen-bond acceptors (Lipinski definition) is 3. The lowest BCUT2D eigenvalue weighted by molar-refractivity contribution is 0.483. The molecule has 0 amide bonds. The Kier molecular flexibility index (Phi) is 3.76. The Morgan fingerprint density at radius 2 is 1.07 bits per heavy atom. The fourth-order valence-electron chi connectivity index (χ4n) is 3.59. The van der Waals surface area contributed by atoms with Gasteiger partial charge in [-0.2, -0.15) is 0 Å². The second kappa shape index (κ2) is 6.31. The second-order valence-electron chi connectivity index (χ2n) is 7.60. The number of rotatable bonds is 0. The average Bonchev–Trinajstić information content (AvgIpc) is 2.74. The fraction of sp³-hybridized carbons (Fsp3) is 0.120. The minimum absolute atomic E-state index is 0.318. The van der Waals surface area contributed by atoms with Gasteiger partial charge in [0.05, 0.1) is 22.8 Å². The number of nitrogens with zero attached hydrogens (tertiary/aromatic N) is 2. The van der Waals surface area contributed by atoms with Gasteiger partial charge in [0, 0.05) is 16.5 Å². The summed E-state index contributed by atoms with van der Waals surface area (Å²) in [6.07, 6.45) is 0. The second-order valence-corrected chi connectivity index (χ2v) is 7.60. The summed E-state index contributed by atoms with van der Waals surface area (Å²) < 4.78 is 6.13. The molecule has 4 aromatic rings. The van der Waals surface area contributed by atoms with Gasteiger partial charge in [-0.05, 0) is 62.4 Å². The largest absolute Gasteiger partial charge is 0.457 e. The van der Waals surface area contributed by atoms with Crippen molar-refractivity contribution in [1.82, 2.24) is 9.97 Å². The zero-order valence-corrected chi connectivity index (χ0v) is 15.9. The van der Waals surface area contributed by atoms with E-state index in [0.717, 1.165) is 45.4 Å². The summed E-state index contributed by atoms with van der Waals surface area (Å²) in [6.45, 7) is 4.35. The van der Waals surface area contributed by atoms with Crippen molar-refractivity contribution in [1.29, 1.82) is 0 Å². The summed E-state index contributed by atoms with van der Waals surface area (Å²) >= 11 is 0. The molecule has 0 N–H and O–H groups in total. The third kappa shape index (κ3) is 2.85. The molecule has 2 aromatic carbocycles. The topological polar surface area (TPSA) is 35.0 Å². The van der Waals surface area contributed by atoms with Crippen LogP contribution in [0, 0.1) is 0 Å². The van der Waals surface area contributed by atoms with Crippen molar-refractivity contribution in [3.63, 3.8) is 0 Å². The number of hydrogen-bond donors (Lipinski definition) is 0. The van der Waals surface area contributed by atoms with E-state index in [1.807, 2.05) is 48.5 Å². The van der Waals surface area contributed by atoms with Gasteiger partial charge in [-0.15, -0.1) is 0 Å². The number of aromatic nitrogens is 2. The highest BCUT2D eigenvalue weighted by Crippen LogP contribution is 2.34. The molecule has 5 rings (SSSR count). The molecule has 1 aliphatic heterocycles. The lowest BCUT2D eigenvalue weighted by atomic mass is 9.84. The van der Waals surface area contributed by atoms with Crippen LogP contribution in [0.2, 0.25) is 0 Å². The number of pyridine rings is 2. The van der Waals surface area contributed by atoms with Gasteiger partial charge in [0.15, 0.2) is 0 Å². The molecule has 0 saturated heterocycles. The van der Waals surface area contributed by atoms with Gasteiger partial charge in [-0.1, -0.05) is 36.4 Å². The fourth-order valence-corrected chi connectivity index (χ4v) is 3.59. The molecule has 28 heavy (non-hydrogen) atoms. The van der Waals surface area contributed by atoms with Gasteiger partial charge in [0.25, 0.3) is 0 Å². The molecule has 0 fully saturated rings. The number of benzene rings is 2. The van der Waals surface area contributed by atoms with Crippen molar-refractivity contribution in [3.05, 3.63) is 96.3 Å². The summed E-state index contributed by atoms with van der Waals surface area (Å²) in [5, 5.41) is 0. The summed E-state index contributed by atoms with van der Waals surface area (Å²) in [5.41, 5.74) is 5.59. The normalized spacial score (nSPS) is 13.9. The van der Waals surface area contributed by atoms with E-state index in [4.69, 9.17) is 14.7 Å². The van der Waals surface area contributed by atoms with Crippen LogP contribution in [0.25, 0.3) is 22.5 Å². The molecule has 0 unspecified atom stereocenters. The highest BCUT2D eigenvalue weighted by molar-refractivity contribution is 5.64. The maximum atomic E-state index is 6.13. The van der Waals surface area contributed by atoms with Gasteiger partial charge in [-0.3, -0.25) is 9.97 Å². The average molecular weight is 364 g/mol. The van der Waals surface area contributed by atoms with Gasteiger partial charge in [0.2, 0.25) is 0 Å². The predicted molar refractivity (Wildman–Crippen MR) is 112 cm³/mol. The first-order chi connectivity index (χ1) is 13.6. The van der Waals surface area contributed by atoms with Crippen molar-refractivity contribution in [2.45, 2.75) is 19.3 Å². The van der Waals surface area contributed by atoms with Gasteiger partial charge < -0.3 is 4.74 Å². The highest BCUT2D eigenvalue weighted by atomic mass is 16.5. The first-order valence-corrected chi connectivity index (χ1v) is 9.43. The van der Waals surface area contributed by atoms with Crippen LogP contribution >= 0.6 is 0 Å². The van der Waals surface area contributed by atoms with E-state index in [2.05, 4.69) is 50.2 Å². The van der Waals surface area contributed by atoms with E-state index in [1.54, 1.807) is 0 Å². The smallest absolute Gasteiger partial charge is 0.128 e. The number of ether oxygens (including phenoxy) is 1. The molecule has 3 heterocycles. The first-order valence-electron chi connectivity index (χ1n) is 9.43. The molecule has 8 bridgehead atoms. The summed E-state index contributed by atoms with van der Waals surface area (Å²) in [6, 6.07) is 28.5. The first kappa shape index (κ1) is 16.7. The molecule has 136 valence electrons. The van der Waals surface area contributed by atoms with Crippen molar-refractivity contribution < 1.29 is 4.74 Å². The van der Waals surface area contributed by atoms with Crippen LogP contribution in [0.4, 0.5) is 0 Å². The zero-order chi connectivity index (χ0) is 19.1. The standard InChI is InChI=1S/C25H20N2O/c1-25(2)23-13-5-11-21(26-23)17-7-3-9-19(15-17)28-20-10-4-8-18(16-20)22-12-6-14-24(25)27-22/h3-16H,1-2H3. The van der Waals surface area contributed by atoms with Gasteiger partial charge in [0.1, 0.15) is 11.5 Å². The van der Waals surface area contributed by atoms with Crippen LogP contribution in [0.15, 0.2) is 84.9 Å². The maximum absolute atomic E-state index is 6.13. The summed E-state index contributed by atoms with van der Waals surface area (Å²) in [4.78, 5) is 9.95. The number of fused-ring (bicyclic) bond motifs is 10. The minimum atomic E-state index is -0.318. The van der Waals surface area contributed by atoms with Crippen LogP contribution < -0.4 is 4.74 Å². The molecule has 3 heteroatoms. The Morgan fingerprint density at radius 1 is 0.607 bits per heavy atom. The van der Waals surface area contributed by atoms with Crippen molar-refractivity contribution in [2.24, 2.45) is 0 Å². The van der Waals surface area contributed by atoms with Crippen molar-refractivity contribution >= 4 is 0 Å². The third-order valence-electron chi connectivity index (χ3n) is 5.27. The van der Waals surface area contributed by atoms with Gasteiger partial charge >= 0.3 is 0 Å². The molecule has 0 radical (unpaired) electrons. The molecule has 1 aliphatic rings. The predicted octanol–water partition coefficient (Wildman–Crippen LogP) is 6.24. The highest BCUT2D eigenvalue weighted by Gasteiger charge is 2.27. The summed E-state index contributed by atoms with van der Waals surface area (Å²) in [7, 11) is 0. The lowest BCUT2D eigenvalue weighted by Gasteiger charge is -2.25. The van der Waals surface area contributed by atoms with Crippen LogP contribution in [-0.4, -0.2) is 9.97 Å². The van der Waals surface area contributed by atoms with Crippen LogP contribution in [-0.2, 0) is 5.41 Å². The Morgan fingerprint density at radius 3 is 1.57 bits per heavy atom. The quantitative estimate of drug-likeness (QED) is 0.370. The van der Waals surface area contributed by atoms with E-state index in [-0.39, 0.29) is 5.41 Å². The summed E-state index contributed by atoms with van der Waals surface area (Å²) in [5.74, 6) is 1.58. The van der Waals surface area contributed by atoms with Crippen molar-refractivity contribution in [3.8, 4) is 34.0 Å². The van der Waals surface area contributed by atoms with E-state index >= 15 is 0 Å². The Bertz CT molecular complexity index is 1090. The zero-order valence-electron chi connectivity index (χ0n) is 15.9. The lowest BCUT2D eigenvalue weighted by Crippen LogP contribution is -2.22. The van der Waals surface area contributed by atoms with E-state index in [1.165, 1.54) is 0 Å². The van der Waals surface area contributed by atoms with Crippen LogP contribution in [0.5, 0.6) is 11.5 Å². The van der Waals surface area contributed by atoms with Gasteiger partial charge in [-0.25, -0.2) is 0 Å². The molecular weight excluding hydrogens is 344 g/mol. The Labute approximate surface area is 164 Å². The third-order valence-corrected chi connectivity index (χ3v) is 5.27. The van der Waals surface area contributed by atoms with Crippen LogP contribution in [0.1, 0.15) is 25.2 Å². The molecule has 0 aliphatic carbocycles. The van der Waals surface area contributed by atoms with Crippen molar-refractivity contribution in [2.75, 3.05) is 0 Å². The molecule has 0 saturated carbocycles. The SMILES string of the molecule is CC1(C)c2cccc(n2)-c2cccc(c2)Oc2cccc(c2)-c2cccc1n2. The Balaban J connectivity index is 1.80. The molecule has 0 spiro atoms. The Hall–Kier alpha value is -3.46. The van der Waals surface area contributed by atoms with Crippen LogP contribution in [0.3, 0.4) is 0 Å². The molecular formula is C25H20N2O. The molecule has 0 atom stereocenters. The molecule has 3 nitrogen and oxygen atoms in total. The van der Waals surface area contributed by atoms with E-state index in [9.17, 15) is 0 Å². The maximum Gasteiger partial charge on any atom is 0.128 e. The monoisotopic (exact) mass is 364 g/mol. The van der Waals surface area contributed by atoms with E-state index in [0.29, 0.717) is 0 Å². The molecule has 2 aromatic heterocycles.